The molecule has 0 bridgehead atoms. The number of amides is 2. The zero-order valence-corrected chi connectivity index (χ0v) is 6.71. The van der Waals surface area contributed by atoms with Gasteiger partial charge in [-0.05, 0) is 0 Å². The maximum absolute atomic E-state index is 10.9. The molecule has 0 aromatic heterocycles. The number of fused-ring (bicyclic) bond motifs is 1. The van der Waals surface area contributed by atoms with Crippen LogP contribution < -0.4 is 5.73 Å². The average molecular weight is 177 g/mol. The standard InChI is InChI=1S/C7H7N5O/c8-7(13)12-4-11-6-5(12)3-9-1-2-10-6/h1-3H,4H2,(H2,8,13). The highest BCUT2D eigenvalue weighted by Gasteiger charge is 2.25. The summed E-state index contributed by atoms with van der Waals surface area (Å²) in [6, 6.07) is -0.544. The van der Waals surface area contributed by atoms with Gasteiger partial charge in [0, 0.05) is 12.4 Å². The number of hydrogen-bond donors (Lipinski definition) is 1. The molecule has 6 heteroatoms. The van der Waals surface area contributed by atoms with Gasteiger partial charge < -0.3 is 5.73 Å². The first-order valence-electron chi connectivity index (χ1n) is 3.67. The van der Waals surface area contributed by atoms with Gasteiger partial charge in [0.1, 0.15) is 12.4 Å². The second-order valence-electron chi connectivity index (χ2n) is 2.48. The summed E-state index contributed by atoms with van der Waals surface area (Å²) in [5, 5.41) is 0. The SMILES string of the molecule is NC(=O)N1CN=C2N=CC=NC=C21. The van der Waals surface area contributed by atoms with Crippen LogP contribution in [-0.4, -0.2) is 35.9 Å². The molecular formula is C7H7N5O. The van der Waals surface area contributed by atoms with Gasteiger partial charge in [0.15, 0.2) is 5.84 Å². The lowest BCUT2D eigenvalue weighted by molar-refractivity contribution is 0.225. The number of primary amides is 1. The van der Waals surface area contributed by atoms with Gasteiger partial charge in [-0.2, -0.15) is 0 Å². The normalized spacial score (nSPS) is 19.2. The molecule has 0 saturated carbocycles. The number of urea groups is 1. The molecule has 66 valence electrons. The zero-order valence-electron chi connectivity index (χ0n) is 6.71. The maximum atomic E-state index is 10.9. The Kier molecular flexibility index (Phi) is 1.66. The van der Waals surface area contributed by atoms with E-state index in [4.69, 9.17) is 5.73 Å². The Morgan fingerprint density at radius 3 is 3.15 bits per heavy atom. The van der Waals surface area contributed by atoms with E-state index >= 15 is 0 Å². The van der Waals surface area contributed by atoms with Crippen LogP contribution in [-0.2, 0) is 0 Å². The summed E-state index contributed by atoms with van der Waals surface area (Å²) < 4.78 is 0. The van der Waals surface area contributed by atoms with Crippen molar-refractivity contribution in [3.8, 4) is 0 Å². The van der Waals surface area contributed by atoms with Gasteiger partial charge >= 0.3 is 6.03 Å². The van der Waals surface area contributed by atoms with Crippen molar-refractivity contribution in [3.63, 3.8) is 0 Å². The molecule has 2 rings (SSSR count). The molecule has 2 aliphatic heterocycles. The van der Waals surface area contributed by atoms with Crippen LogP contribution in [0.1, 0.15) is 0 Å². The third kappa shape index (κ3) is 1.22. The van der Waals surface area contributed by atoms with Gasteiger partial charge in [-0.15, -0.1) is 0 Å². The zero-order chi connectivity index (χ0) is 9.26. The van der Waals surface area contributed by atoms with Crippen molar-refractivity contribution >= 4 is 24.3 Å². The van der Waals surface area contributed by atoms with E-state index in [2.05, 4.69) is 15.0 Å². The summed E-state index contributed by atoms with van der Waals surface area (Å²) in [6.45, 7) is 0.226. The number of nitrogens with zero attached hydrogens (tertiary/aromatic N) is 4. The number of amidine groups is 1. The van der Waals surface area contributed by atoms with Crippen LogP contribution in [0.5, 0.6) is 0 Å². The minimum Gasteiger partial charge on any atom is -0.351 e. The van der Waals surface area contributed by atoms with E-state index in [-0.39, 0.29) is 6.67 Å². The van der Waals surface area contributed by atoms with Gasteiger partial charge in [-0.3, -0.25) is 9.89 Å². The molecule has 2 aliphatic rings. The quantitative estimate of drug-likeness (QED) is 0.542. The van der Waals surface area contributed by atoms with Crippen LogP contribution in [0.2, 0.25) is 0 Å². The summed E-state index contributed by atoms with van der Waals surface area (Å²) in [7, 11) is 0. The van der Waals surface area contributed by atoms with E-state index in [1.54, 1.807) is 0 Å². The van der Waals surface area contributed by atoms with Crippen LogP contribution >= 0.6 is 0 Å². The van der Waals surface area contributed by atoms with E-state index in [1.165, 1.54) is 23.5 Å². The first-order chi connectivity index (χ1) is 6.29. The lowest BCUT2D eigenvalue weighted by atomic mass is 10.4. The van der Waals surface area contributed by atoms with Crippen molar-refractivity contribution < 1.29 is 4.79 Å². The Hall–Kier alpha value is -1.98. The minimum absolute atomic E-state index is 0.226. The second-order valence-corrected chi connectivity index (χ2v) is 2.48. The van der Waals surface area contributed by atoms with Crippen LogP contribution in [0.3, 0.4) is 0 Å². The van der Waals surface area contributed by atoms with Crippen molar-refractivity contribution in [1.82, 2.24) is 4.90 Å². The third-order valence-corrected chi connectivity index (χ3v) is 1.69. The van der Waals surface area contributed by atoms with Crippen LogP contribution in [0.15, 0.2) is 26.9 Å². The molecule has 0 radical (unpaired) electrons. The highest BCUT2D eigenvalue weighted by molar-refractivity contribution is 6.22. The van der Waals surface area contributed by atoms with Gasteiger partial charge in [0.25, 0.3) is 0 Å². The Morgan fingerprint density at radius 2 is 2.38 bits per heavy atom. The Labute approximate surface area is 74.2 Å². The maximum Gasteiger partial charge on any atom is 0.320 e. The second kappa shape index (κ2) is 2.81. The van der Waals surface area contributed by atoms with E-state index in [0.29, 0.717) is 11.5 Å². The van der Waals surface area contributed by atoms with Crippen molar-refractivity contribution in [2.24, 2.45) is 20.7 Å². The highest BCUT2D eigenvalue weighted by Crippen LogP contribution is 2.15. The molecule has 0 unspecified atom stereocenters. The number of carbonyl (C=O) groups excluding carboxylic acids is 1. The van der Waals surface area contributed by atoms with Gasteiger partial charge in [-0.1, -0.05) is 0 Å². The van der Waals surface area contributed by atoms with Crippen molar-refractivity contribution in [2.75, 3.05) is 6.67 Å². The van der Waals surface area contributed by atoms with E-state index in [1.807, 2.05) is 0 Å². The van der Waals surface area contributed by atoms with E-state index in [0.717, 1.165) is 0 Å². The fourth-order valence-corrected chi connectivity index (χ4v) is 1.09. The number of hydrogen-bond acceptors (Lipinski definition) is 4. The molecule has 2 amide bonds. The number of carbonyl (C=O) groups is 1. The Bertz CT molecular complexity index is 365. The Balaban J connectivity index is 2.36. The minimum atomic E-state index is -0.544. The molecular weight excluding hydrogens is 170 g/mol. The predicted molar refractivity (Wildman–Crippen MR) is 48.8 cm³/mol. The molecule has 2 N–H and O–H groups in total. The summed E-state index contributed by atoms with van der Waals surface area (Å²) in [5.74, 6) is 0.497. The smallest absolute Gasteiger partial charge is 0.320 e. The predicted octanol–water partition coefficient (Wildman–Crippen LogP) is -0.267. The molecule has 2 heterocycles. The van der Waals surface area contributed by atoms with Crippen molar-refractivity contribution in [3.05, 3.63) is 11.9 Å². The average Bonchev–Trinajstić information content (AvgIpc) is 2.36. The van der Waals surface area contributed by atoms with Crippen molar-refractivity contribution in [2.45, 2.75) is 0 Å². The monoisotopic (exact) mass is 177 g/mol. The number of nitrogens with two attached hydrogens (primary N) is 1. The van der Waals surface area contributed by atoms with Crippen molar-refractivity contribution in [1.29, 1.82) is 0 Å². The topological polar surface area (TPSA) is 83.4 Å². The number of aliphatic imine (C=N–C) groups is 3. The molecule has 0 aliphatic carbocycles. The van der Waals surface area contributed by atoms with Gasteiger partial charge in [0.05, 0.1) is 6.20 Å². The molecule has 13 heavy (non-hydrogen) atoms. The third-order valence-electron chi connectivity index (χ3n) is 1.69. The molecule has 6 nitrogen and oxygen atoms in total. The van der Waals surface area contributed by atoms with Gasteiger partial charge in [-0.25, -0.2) is 14.8 Å². The van der Waals surface area contributed by atoms with E-state index < -0.39 is 6.03 Å². The van der Waals surface area contributed by atoms with E-state index in [9.17, 15) is 4.79 Å². The Morgan fingerprint density at radius 1 is 1.54 bits per heavy atom. The summed E-state index contributed by atoms with van der Waals surface area (Å²) in [6.07, 6.45) is 4.56. The molecule has 0 atom stereocenters. The molecule has 0 aromatic rings. The first-order valence-corrected chi connectivity index (χ1v) is 3.67. The summed E-state index contributed by atoms with van der Waals surface area (Å²) >= 11 is 0. The molecule has 0 aromatic carbocycles. The molecule has 0 saturated heterocycles. The molecule has 0 fully saturated rings. The lowest BCUT2D eigenvalue weighted by Gasteiger charge is -2.11. The fraction of sp³-hybridized carbons (Fsp3) is 0.143. The van der Waals surface area contributed by atoms with Gasteiger partial charge in [0.2, 0.25) is 0 Å². The summed E-state index contributed by atoms with van der Waals surface area (Å²) in [5.41, 5.74) is 5.68. The summed E-state index contributed by atoms with van der Waals surface area (Å²) in [4.78, 5) is 24.1. The number of rotatable bonds is 0. The first kappa shape index (κ1) is 7.66. The highest BCUT2D eigenvalue weighted by atomic mass is 16.2. The van der Waals surface area contributed by atoms with Crippen LogP contribution in [0.4, 0.5) is 4.79 Å². The van der Waals surface area contributed by atoms with Crippen LogP contribution in [0.25, 0.3) is 0 Å². The largest absolute Gasteiger partial charge is 0.351 e. The lowest BCUT2D eigenvalue weighted by Crippen LogP contribution is -2.33. The fourth-order valence-electron chi connectivity index (χ4n) is 1.09. The van der Waals surface area contributed by atoms with Crippen LogP contribution in [0, 0.1) is 0 Å². The molecule has 0 spiro atoms.